The Kier molecular flexibility index (Phi) is 16.8. The minimum Gasteiger partial charge on any atom is -0.309 e. The fraction of sp³-hybridized carbons (Fsp3) is 0.810. The first-order chi connectivity index (χ1) is 12.1. The predicted molar refractivity (Wildman–Crippen MR) is 110 cm³/mol. The van der Waals surface area contributed by atoms with Gasteiger partial charge < -0.3 is 9.05 Å². The van der Waals surface area contributed by atoms with Gasteiger partial charge in [-0.1, -0.05) is 50.7 Å². The molecule has 0 bridgehead atoms. The summed E-state index contributed by atoms with van der Waals surface area (Å²) in [5, 5.41) is 0. The summed E-state index contributed by atoms with van der Waals surface area (Å²) in [7, 11) is -2.98. The number of hydrogen-bond donors (Lipinski definition) is 0. The van der Waals surface area contributed by atoms with Crippen LogP contribution >= 0.6 is 7.60 Å². The van der Waals surface area contributed by atoms with E-state index < -0.39 is 7.60 Å². The second kappa shape index (κ2) is 17.1. The molecule has 148 valence electrons. The topological polar surface area (TPSA) is 35.5 Å². The van der Waals surface area contributed by atoms with E-state index in [9.17, 15) is 4.57 Å². The molecule has 0 rings (SSSR count). The fourth-order valence-electron chi connectivity index (χ4n) is 3.11. The summed E-state index contributed by atoms with van der Waals surface area (Å²) in [6.45, 7) is 12.2. The molecule has 0 fully saturated rings. The maximum atomic E-state index is 13.2. The Bertz CT molecular complexity index is 338. The SMILES string of the molecule is C=CCCCCCCC(CCCCCCC=C)P(=O)(OCC)OCC. The van der Waals surface area contributed by atoms with Gasteiger partial charge >= 0.3 is 7.60 Å². The van der Waals surface area contributed by atoms with Crippen molar-refractivity contribution < 1.29 is 13.6 Å². The molecule has 0 aromatic heterocycles. The Hall–Kier alpha value is -0.370. The predicted octanol–water partition coefficient (Wildman–Crippen LogP) is 7.67. The molecule has 25 heavy (non-hydrogen) atoms. The van der Waals surface area contributed by atoms with E-state index in [0.717, 1.165) is 38.5 Å². The van der Waals surface area contributed by atoms with Gasteiger partial charge in [0.1, 0.15) is 0 Å². The highest BCUT2D eigenvalue weighted by molar-refractivity contribution is 7.54. The molecule has 0 radical (unpaired) electrons. The van der Waals surface area contributed by atoms with E-state index in [0.29, 0.717) is 13.2 Å². The van der Waals surface area contributed by atoms with E-state index in [4.69, 9.17) is 9.05 Å². The summed E-state index contributed by atoms with van der Waals surface area (Å²) in [6.07, 6.45) is 17.4. The number of allylic oxidation sites excluding steroid dienone is 2. The monoisotopic (exact) mass is 372 g/mol. The van der Waals surface area contributed by atoms with Gasteiger partial charge in [-0.25, -0.2) is 0 Å². The van der Waals surface area contributed by atoms with Crippen LogP contribution in [0.3, 0.4) is 0 Å². The van der Waals surface area contributed by atoms with Crippen LogP contribution < -0.4 is 0 Å². The highest BCUT2D eigenvalue weighted by Gasteiger charge is 2.34. The Morgan fingerprint density at radius 3 is 1.52 bits per heavy atom. The van der Waals surface area contributed by atoms with Crippen molar-refractivity contribution in [3.63, 3.8) is 0 Å². The van der Waals surface area contributed by atoms with Gasteiger partial charge in [-0.15, -0.1) is 13.2 Å². The lowest BCUT2D eigenvalue weighted by molar-refractivity contribution is 0.208. The van der Waals surface area contributed by atoms with E-state index in [1.165, 1.54) is 38.5 Å². The first-order valence-electron chi connectivity index (χ1n) is 10.2. The molecule has 0 spiro atoms. The molecule has 0 atom stereocenters. The minimum absolute atomic E-state index is 0.0474. The molecule has 0 unspecified atom stereocenters. The molecule has 0 N–H and O–H groups in total. The zero-order valence-electron chi connectivity index (χ0n) is 16.7. The summed E-state index contributed by atoms with van der Waals surface area (Å²) in [6, 6.07) is 0. The molecule has 0 saturated carbocycles. The molecule has 0 aliphatic heterocycles. The molecular weight excluding hydrogens is 331 g/mol. The summed E-state index contributed by atoms with van der Waals surface area (Å²) < 4.78 is 24.4. The van der Waals surface area contributed by atoms with Crippen LogP contribution in [0, 0.1) is 0 Å². The van der Waals surface area contributed by atoms with Crippen LogP contribution in [-0.2, 0) is 13.6 Å². The van der Waals surface area contributed by atoms with Gasteiger partial charge in [0.25, 0.3) is 0 Å². The Morgan fingerprint density at radius 2 is 1.16 bits per heavy atom. The highest BCUT2D eigenvalue weighted by atomic mass is 31.2. The lowest BCUT2D eigenvalue weighted by Crippen LogP contribution is -2.14. The van der Waals surface area contributed by atoms with Crippen molar-refractivity contribution in [2.45, 2.75) is 96.6 Å². The third-order valence-corrected chi connectivity index (χ3v) is 7.10. The standard InChI is InChI=1S/C21H41O3P/c1-5-9-11-13-15-17-19-21(20-18-16-14-12-10-6-2)25(22,23-7-3)24-8-4/h5-6,21H,1-2,7-20H2,3-4H3. The fourth-order valence-corrected chi connectivity index (χ4v) is 5.33. The Morgan fingerprint density at radius 1 is 0.760 bits per heavy atom. The van der Waals surface area contributed by atoms with Crippen LogP contribution in [0.25, 0.3) is 0 Å². The smallest absolute Gasteiger partial charge is 0.309 e. The number of rotatable bonds is 19. The largest absolute Gasteiger partial charge is 0.333 e. The van der Waals surface area contributed by atoms with E-state index in [-0.39, 0.29) is 5.66 Å². The van der Waals surface area contributed by atoms with E-state index in [1.54, 1.807) is 0 Å². The Labute approximate surface area is 156 Å². The van der Waals surface area contributed by atoms with Crippen molar-refractivity contribution in [2.24, 2.45) is 0 Å². The first-order valence-corrected chi connectivity index (χ1v) is 11.9. The molecule has 0 aromatic carbocycles. The average molecular weight is 373 g/mol. The maximum Gasteiger partial charge on any atom is 0.333 e. The molecule has 0 saturated heterocycles. The lowest BCUT2D eigenvalue weighted by atomic mass is 10.0. The summed E-state index contributed by atoms with van der Waals surface area (Å²) in [5.74, 6) is 0. The normalized spacial score (nSPS) is 11.8. The van der Waals surface area contributed by atoms with Crippen LogP contribution in [0.2, 0.25) is 0 Å². The van der Waals surface area contributed by atoms with Crippen molar-refractivity contribution in [1.29, 1.82) is 0 Å². The van der Waals surface area contributed by atoms with Gasteiger partial charge in [-0.05, 0) is 52.4 Å². The van der Waals surface area contributed by atoms with Crippen molar-refractivity contribution in [3.8, 4) is 0 Å². The van der Waals surface area contributed by atoms with Crippen molar-refractivity contribution in [3.05, 3.63) is 25.3 Å². The van der Waals surface area contributed by atoms with Gasteiger partial charge in [-0.3, -0.25) is 4.57 Å². The quantitative estimate of drug-likeness (QED) is 0.132. The lowest BCUT2D eigenvalue weighted by Gasteiger charge is -2.26. The summed E-state index contributed by atoms with van der Waals surface area (Å²) >= 11 is 0. The Balaban J connectivity index is 4.44. The van der Waals surface area contributed by atoms with E-state index in [2.05, 4.69) is 13.2 Å². The molecule has 0 amide bonds. The summed E-state index contributed by atoms with van der Waals surface area (Å²) in [4.78, 5) is 0. The van der Waals surface area contributed by atoms with Gasteiger partial charge in [0, 0.05) is 0 Å². The molecule has 0 aliphatic carbocycles. The second-order valence-corrected chi connectivity index (χ2v) is 8.92. The van der Waals surface area contributed by atoms with Crippen LogP contribution in [0.1, 0.15) is 90.9 Å². The van der Waals surface area contributed by atoms with Crippen molar-refractivity contribution >= 4 is 7.60 Å². The zero-order valence-corrected chi connectivity index (χ0v) is 17.6. The third-order valence-electron chi connectivity index (χ3n) is 4.46. The minimum atomic E-state index is -2.98. The summed E-state index contributed by atoms with van der Waals surface area (Å²) in [5.41, 5.74) is 0.0474. The maximum absolute atomic E-state index is 13.2. The van der Waals surface area contributed by atoms with Crippen molar-refractivity contribution in [1.82, 2.24) is 0 Å². The van der Waals surface area contributed by atoms with E-state index >= 15 is 0 Å². The second-order valence-electron chi connectivity index (χ2n) is 6.59. The molecule has 0 aliphatic rings. The van der Waals surface area contributed by atoms with Crippen LogP contribution in [0.4, 0.5) is 0 Å². The molecule has 4 heteroatoms. The van der Waals surface area contributed by atoms with Crippen LogP contribution in [-0.4, -0.2) is 18.9 Å². The van der Waals surface area contributed by atoms with Gasteiger partial charge in [0.15, 0.2) is 0 Å². The highest BCUT2D eigenvalue weighted by Crippen LogP contribution is 2.56. The molecule has 0 heterocycles. The number of unbranched alkanes of at least 4 members (excludes halogenated alkanes) is 8. The zero-order chi connectivity index (χ0) is 18.8. The molecule has 3 nitrogen and oxygen atoms in total. The first kappa shape index (κ1) is 24.6. The molecule has 0 aromatic rings. The van der Waals surface area contributed by atoms with E-state index in [1.807, 2.05) is 26.0 Å². The van der Waals surface area contributed by atoms with Gasteiger partial charge in [0.05, 0.1) is 18.9 Å². The van der Waals surface area contributed by atoms with Crippen LogP contribution in [0.5, 0.6) is 0 Å². The number of hydrogen-bond acceptors (Lipinski definition) is 3. The van der Waals surface area contributed by atoms with Crippen molar-refractivity contribution in [2.75, 3.05) is 13.2 Å². The van der Waals surface area contributed by atoms with Gasteiger partial charge in [-0.2, -0.15) is 0 Å². The third kappa shape index (κ3) is 12.6. The average Bonchev–Trinajstić information content (AvgIpc) is 2.59. The molecular formula is C21H41O3P. The van der Waals surface area contributed by atoms with Crippen LogP contribution in [0.15, 0.2) is 25.3 Å². The van der Waals surface area contributed by atoms with Gasteiger partial charge in [0.2, 0.25) is 0 Å².